The van der Waals surface area contributed by atoms with Crippen LogP contribution in [0.25, 0.3) is 0 Å². The van der Waals surface area contributed by atoms with Gasteiger partial charge in [0.15, 0.2) is 0 Å². The SMILES string of the molecule is COc1ccccc1CCC(=O)N1C[C@@H]2OCC(NC(=O)c3ncccc3C)CO[C@H]2C1. The lowest BCUT2D eigenvalue weighted by molar-refractivity contribution is -0.131. The molecule has 0 spiro atoms. The summed E-state index contributed by atoms with van der Waals surface area (Å²) in [6.07, 6.45) is 2.25. The molecule has 3 heterocycles. The van der Waals surface area contributed by atoms with Crippen LogP contribution in [-0.4, -0.2) is 73.4 Å². The summed E-state index contributed by atoms with van der Waals surface area (Å²) in [5.41, 5.74) is 2.24. The van der Waals surface area contributed by atoms with E-state index in [9.17, 15) is 9.59 Å². The van der Waals surface area contributed by atoms with Gasteiger partial charge in [-0.1, -0.05) is 24.3 Å². The van der Waals surface area contributed by atoms with Gasteiger partial charge in [-0.25, -0.2) is 0 Å². The minimum atomic E-state index is -0.260. The van der Waals surface area contributed by atoms with E-state index in [1.54, 1.807) is 24.3 Å². The third-order valence-electron chi connectivity index (χ3n) is 5.95. The zero-order valence-corrected chi connectivity index (χ0v) is 18.5. The van der Waals surface area contributed by atoms with Crippen LogP contribution in [0.2, 0.25) is 0 Å². The lowest BCUT2D eigenvalue weighted by atomic mass is 10.1. The molecular formula is C24H29N3O5. The van der Waals surface area contributed by atoms with Crippen LogP contribution in [0, 0.1) is 6.92 Å². The van der Waals surface area contributed by atoms with E-state index in [4.69, 9.17) is 14.2 Å². The van der Waals surface area contributed by atoms with Crippen LogP contribution in [0.1, 0.15) is 28.0 Å². The highest BCUT2D eigenvalue weighted by atomic mass is 16.6. The van der Waals surface area contributed by atoms with Crippen LogP contribution in [0.3, 0.4) is 0 Å². The minimum absolute atomic E-state index is 0.0756. The van der Waals surface area contributed by atoms with Crippen LogP contribution in [-0.2, 0) is 20.7 Å². The van der Waals surface area contributed by atoms with Crippen molar-refractivity contribution in [3.05, 3.63) is 59.4 Å². The number of methoxy groups -OCH3 is 1. The fourth-order valence-electron chi connectivity index (χ4n) is 4.17. The number of hydrogen-bond donors (Lipinski definition) is 1. The van der Waals surface area contributed by atoms with Crippen molar-refractivity contribution in [2.24, 2.45) is 0 Å². The summed E-state index contributed by atoms with van der Waals surface area (Å²) in [5, 5.41) is 2.94. The molecule has 1 N–H and O–H groups in total. The number of likely N-dealkylation sites (tertiary alicyclic amines) is 1. The van der Waals surface area contributed by atoms with Gasteiger partial charge in [-0.15, -0.1) is 0 Å². The lowest BCUT2D eigenvalue weighted by Gasteiger charge is -2.20. The molecule has 2 fully saturated rings. The van der Waals surface area contributed by atoms with Crippen LogP contribution < -0.4 is 10.1 Å². The topological polar surface area (TPSA) is 90.0 Å². The Balaban J connectivity index is 1.27. The first-order chi connectivity index (χ1) is 15.5. The summed E-state index contributed by atoms with van der Waals surface area (Å²) in [6, 6.07) is 11.1. The summed E-state index contributed by atoms with van der Waals surface area (Å²) >= 11 is 0. The maximum Gasteiger partial charge on any atom is 0.270 e. The Kier molecular flexibility index (Phi) is 7.02. The summed E-state index contributed by atoms with van der Waals surface area (Å²) in [5.74, 6) is 0.639. The van der Waals surface area contributed by atoms with Crippen molar-refractivity contribution in [3.63, 3.8) is 0 Å². The van der Waals surface area contributed by atoms with Crippen molar-refractivity contribution in [3.8, 4) is 5.75 Å². The standard InChI is InChI=1S/C24H29N3O5/c1-16-6-5-11-25-23(16)24(29)26-18-14-31-20-12-27(13-21(20)32-15-18)22(28)10-9-17-7-3-4-8-19(17)30-2/h3-8,11,18,20-21H,9-10,12-15H2,1-2H3,(H,26,29)/t20-,21-/m0/s1. The summed E-state index contributed by atoms with van der Waals surface area (Å²) in [6.45, 7) is 3.51. The van der Waals surface area contributed by atoms with E-state index < -0.39 is 0 Å². The molecule has 8 nitrogen and oxygen atoms in total. The first kappa shape index (κ1) is 22.2. The summed E-state index contributed by atoms with van der Waals surface area (Å²) in [4.78, 5) is 31.2. The normalized spacial score (nSPS) is 21.0. The Hall–Kier alpha value is -2.97. The number of nitrogens with one attached hydrogen (secondary N) is 1. The van der Waals surface area contributed by atoms with E-state index in [0.29, 0.717) is 44.8 Å². The number of aryl methyl sites for hydroxylation is 2. The van der Waals surface area contributed by atoms with Gasteiger partial charge in [-0.3, -0.25) is 14.6 Å². The van der Waals surface area contributed by atoms with Gasteiger partial charge >= 0.3 is 0 Å². The second kappa shape index (κ2) is 10.1. The third-order valence-corrected chi connectivity index (χ3v) is 5.95. The molecule has 2 amide bonds. The molecule has 4 rings (SSSR count). The number of rotatable bonds is 6. The predicted molar refractivity (Wildman–Crippen MR) is 118 cm³/mol. The third kappa shape index (κ3) is 5.08. The number of amides is 2. The highest BCUT2D eigenvalue weighted by molar-refractivity contribution is 5.93. The van der Waals surface area contributed by atoms with Crippen molar-refractivity contribution in [1.29, 1.82) is 0 Å². The van der Waals surface area contributed by atoms with Gasteiger partial charge in [0, 0.05) is 25.7 Å². The fourth-order valence-corrected chi connectivity index (χ4v) is 4.17. The molecule has 1 aromatic heterocycles. The van der Waals surface area contributed by atoms with Gasteiger partial charge in [0.2, 0.25) is 5.91 Å². The van der Waals surface area contributed by atoms with Crippen LogP contribution in [0.5, 0.6) is 5.75 Å². The van der Waals surface area contributed by atoms with E-state index in [1.165, 1.54) is 0 Å². The molecule has 2 atom stereocenters. The zero-order valence-electron chi connectivity index (χ0n) is 18.5. The molecule has 170 valence electrons. The molecule has 2 saturated heterocycles. The van der Waals surface area contributed by atoms with Gasteiger partial charge in [0.25, 0.3) is 5.91 Å². The Bertz CT molecular complexity index is 950. The molecule has 2 aliphatic rings. The van der Waals surface area contributed by atoms with E-state index in [2.05, 4.69) is 10.3 Å². The molecule has 0 radical (unpaired) electrons. The molecule has 0 aliphatic carbocycles. The average molecular weight is 440 g/mol. The highest BCUT2D eigenvalue weighted by Crippen LogP contribution is 2.23. The van der Waals surface area contributed by atoms with Gasteiger partial charge in [0.05, 0.1) is 26.4 Å². The van der Waals surface area contributed by atoms with Gasteiger partial charge < -0.3 is 24.4 Å². The van der Waals surface area contributed by atoms with Crippen LogP contribution in [0.15, 0.2) is 42.6 Å². The second-order valence-electron chi connectivity index (χ2n) is 8.19. The van der Waals surface area contributed by atoms with E-state index in [-0.39, 0.29) is 30.1 Å². The maximum absolute atomic E-state index is 12.8. The van der Waals surface area contributed by atoms with Gasteiger partial charge in [-0.2, -0.15) is 0 Å². The van der Waals surface area contributed by atoms with Gasteiger partial charge in [0.1, 0.15) is 23.7 Å². The van der Waals surface area contributed by atoms with Crippen molar-refractivity contribution in [1.82, 2.24) is 15.2 Å². The number of hydrogen-bond acceptors (Lipinski definition) is 6. The molecule has 0 saturated carbocycles. The number of nitrogens with zero attached hydrogens (tertiary/aromatic N) is 2. The zero-order chi connectivity index (χ0) is 22.5. The molecule has 8 heteroatoms. The summed E-state index contributed by atoms with van der Waals surface area (Å²) in [7, 11) is 1.64. The number of pyridine rings is 1. The number of benzene rings is 1. The number of ether oxygens (including phenoxy) is 3. The maximum atomic E-state index is 12.8. The van der Waals surface area contributed by atoms with E-state index in [0.717, 1.165) is 16.9 Å². The van der Waals surface area contributed by atoms with E-state index in [1.807, 2.05) is 37.3 Å². The molecule has 32 heavy (non-hydrogen) atoms. The Morgan fingerprint density at radius 2 is 1.84 bits per heavy atom. The fraction of sp³-hybridized carbons (Fsp3) is 0.458. The number of aromatic nitrogens is 1. The van der Waals surface area contributed by atoms with Crippen molar-refractivity contribution in [2.75, 3.05) is 33.4 Å². The van der Waals surface area contributed by atoms with E-state index >= 15 is 0 Å². The molecule has 0 unspecified atom stereocenters. The Morgan fingerprint density at radius 1 is 1.12 bits per heavy atom. The van der Waals surface area contributed by atoms with Crippen molar-refractivity contribution < 1.29 is 23.8 Å². The number of carbonyl (C=O) groups is 2. The first-order valence-corrected chi connectivity index (χ1v) is 10.9. The molecule has 1 aromatic carbocycles. The summed E-state index contributed by atoms with van der Waals surface area (Å²) < 4.78 is 17.4. The monoisotopic (exact) mass is 439 g/mol. The number of fused-ring (bicyclic) bond motifs is 1. The molecule has 0 bridgehead atoms. The predicted octanol–water partition coefficient (Wildman–Crippen LogP) is 1.76. The molecule has 2 aliphatic heterocycles. The van der Waals surface area contributed by atoms with Gasteiger partial charge in [-0.05, 0) is 36.6 Å². The first-order valence-electron chi connectivity index (χ1n) is 10.9. The smallest absolute Gasteiger partial charge is 0.270 e. The lowest BCUT2D eigenvalue weighted by Crippen LogP contribution is -2.42. The second-order valence-corrected chi connectivity index (χ2v) is 8.19. The Labute approximate surface area is 187 Å². The minimum Gasteiger partial charge on any atom is -0.496 e. The van der Waals surface area contributed by atoms with Crippen molar-refractivity contribution in [2.45, 2.75) is 38.0 Å². The van der Waals surface area contributed by atoms with Crippen LogP contribution >= 0.6 is 0 Å². The molecular weight excluding hydrogens is 410 g/mol. The largest absolute Gasteiger partial charge is 0.496 e. The van der Waals surface area contributed by atoms with Crippen molar-refractivity contribution >= 4 is 11.8 Å². The van der Waals surface area contributed by atoms with Crippen LogP contribution in [0.4, 0.5) is 0 Å². The number of para-hydroxylation sites is 1. The quantitative estimate of drug-likeness (QED) is 0.738. The molecule has 2 aromatic rings. The Morgan fingerprint density at radius 3 is 2.53 bits per heavy atom. The average Bonchev–Trinajstić information content (AvgIpc) is 3.13. The number of carbonyl (C=O) groups excluding carboxylic acids is 2. The highest BCUT2D eigenvalue weighted by Gasteiger charge is 2.39.